The SMILES string of the molecule is Cc1ccc(C)c(N2C(C)(C)CC(O)CC2(C)C)c1. The molecular weight excluding hydrogens is 234 g/mol. The van der Waals surface area contributed by atoms with Crippen LogP contribution in [0.5, 0.6) is 0 Å². The summed E-state index contributed by atoms with van der Waals surface area (Å²) in [5.74, 6) is 0. The lowest BCUT2D eigenvalue weighted by molar-refractivity contribution is 0.0648. The van der Waals surface area contributed by atoms with Gasteiger partial charge in [-0.05, 0) is 71.6 Å². The van der Waals surface area contributed by atoms with Gasteiger partial charge in [-0.25, -0.2) is 0 Å². The highest BCUT2D eigenvalue weighted by Crippen LogP contribution is 2.43. The predicted octanol–water partition coefficient (Wildman–Crippen LogP) is 3.82. The number of nitrogens with zero attached hydrogens (tertiary/aromatic N) is 1. The van der Waals surface area contributed by atoms with Crippen LogP contribution in [0, 0.1) is 13.8 Å². The highest BCUT2D eigenvalue weighted by molar-refractivity contribution is 5.59. The van der Waals surface area contributed by atoms with Crippen LogP contribution in [0.4, 0.5) is 5.69 Å². The molecule has 0 radical (unpaired) electrons. The van der Waals surface area contributed by atoms with E-state index < -0.39 is 0 Å². The molecule has 1 aromatic rings. The van der Waals surface area contributed by atoms with Gasteiger partial charge in [-0.2, -0.15) is 0 Å². The molecule has 0 spiro atoms. The minimum atomic E-state index is -0.202. The maximum atomic E-state index is 10.1. The van der Waals surface area contributed by atoms with Crippen LogP contribution in [-0.2, 0) is 0 Å². The van der Waals surface area contributed by atoms with Gasteiger partial charge < -0.3 is 10.0 Å². The number of hydrogen-bond donors (Lipinski definition) is 1. The lowest BCUT2D eigenvalue weighted by atomic mass is 9.77. The molecule has 1 aliphatic heterocycles. The van der Waals surface area contributed by atoms with Crippen molar-refractivity contribution >= 4 is 5.69 Å². The lowest BCUT2D eigenvalue weighted by Crippen LogP contribution is -2.62. The van der Waals surface area contributed by atoms with Crippen molar-refractivity contribution in [2.75, 3.05) is 4.90 Å². The highest BCUT2D eigenvalue weighted by atomic mass is 16.3. The molecule has 1 heterocycles. The molecule has 0 aliphatic carbocycles. The van der Waals surface area contributed by atoms with Gasteiger partial charge in [-0.1, -0.05) is 12.1 Å². The van der Waals surface area contributed by atoms with Gasteiger partial charge in [-0.3, -0.25) is 0 Å². The van der Waals surface area contributed by atoms with Crippen LogP contribution in [0.1, 0.15) is 51.7 Å². The number of hydrogen-bond acceptors (Lipinski definition) is 2. The molecule has 0 amide bonds. The Morgan fingerprint density at radius 2 is 1.58 bits per heavy atom. The summed E-state index contributed by atoms with van der Waals surface area (Å²) in [6.07, 6.45) is 1.44. The van der Waals surface area contributed by atoms with Crippen molar-refractivity contribution in [1.82, 2.24) is 0 Å². The molecule has 0 atom stereocenters. The minimum absolute atomic E-state index is 0.0281. The van der Waals surface area contributed by atoms with Gasteiger partial charge in [0, 0.05) is 16.8 Å². The standard InChI is InChI=1S/C17H27NO/c1-12-7-8-13(2)15(9-12)18-16(3,4)10-14(19)11-17(18,5)6/h7-9,14,19H,10-11H2,1-6H3. The Balaban J connectivity index is 2.53. The fourth-order valence-electron chi connectivity index (χ4n) is 3.84. The van der Waals surface area contributed by atoms with Crippen LogP contribution < -0.4 is 4.90 Å². The molecule has 1 aromatic carbocycles. The third-order valence-corrected chi connectivity index (χ3v) is 4.29. The van der Waals surface area contributed by atoms with Crippen molar-refractivity contribution in [3.8, 4) is 0 Å². The Labute approximate surface area is 117 Å². The second-order valence-corrected chi connectivity index (χ2v) is 7.31. The molecule has 1 saturated heterocycles. The molecule has 0 aromatic heterocycles. The van der Waals surface area contributed by atoms with Crippen LogP contribution >= 0.6 is 0 Å². The predicted molar refractivity (Wildman–Crippen MR) is 81.8 cm³/mol. The summed E-state index contributed by atoms with van der Waals surface area (Å²) in [5.41, 5.74) is 3.85. The summed E-state index contributed by atoms with van der Waals surface area (Å²) in [6.45, 7) is 13.3. The van der Waals surface area contributed by atoms with Gasteiger partial charge in [0.1, 0.15) is 0 Å². The quantitative estimate of drug-likeness (QED) is 0.830. The summed E-state index contributed by atoms with van der Waals surface area (Å²) in [5, 5.41) is 10.1. The first kappa shape index (κ1) is 14.4. The summed E-state index contributed by atoms with van der Waals surface area (Å²) < 4.78 is 0. The zero-order chi connectivity index (χ0) is 14.4. The van der Waals surface area contributed by atoms with Crippen LogP contribution in [0.25, 0.3) is 0 Å². The third-order valence-electron chi connectivity index (χ3n) is 4.29. The molecule has 1 aliphatic rings. The summed E-state index contributed by atoms with van der Waals surface area (Å²) in [4.78, 5) is 2.51. The van der Waals surface area contributed by atoms with Gasteiger partial charge in [-0.15, -0.1) is 0 Å². The number of anilines is 1. The Morgan fingerprint density at radius 1 is 1.05 bits per heavy atom. The van der Waals surface area contributed by atoms with Crippen molar-refractivity contribution in [3.05, 3.63) is 29.3 Å². The molecule has 106 valence electrons. The fraction of sp³-hybridized carbons (Fsp3) is 0.647. The minimum Gasteiger partial charge on any atom is -0.393 e. The van der Waals surface area contributed by atoms with E-state index in [4.69, 9.17) is 0 Å². The average molecular weight is 261 g/mol. The first-order valence-electron chi connectivity index (χ1n) is 7.19. The number of rotatable bonds is 1. The lowest BCUT2D eigenvalue weighted by Gasteiger charge is -2.56. The second kappa shape index (κ2) is 4.52. The van der Waals surface area contributed by atoms with Crippen molar-refractivity contribution in [2.45, 2.75) is 71.6 Å². The van der Waals surface area contributed by atoms with Crippen molar-refractivity contribution in [1.29, 1.82) is 0 Å². The molecular formula is C17H27NO. The smallest absolute Gasteiger partial charge is 0.0584 e. The molecule has 0 unspecified atom stereocenters. The summed E-state index contributed by atoms with van der Waals surface area (Å²) >= 11 is 0. The number of aliphatic hydroxyl groups excluding tert-OH is 1. The van der Waals surface area contributed by atoms with E-state index in [1.807, 2.05) is 0 Å². The van der Waals surface area contributed by atoms with E-state index in [2.05, 4.69) is 64.6 Å². The molecule has 1 N–H and O–H groups in total. The van der Waals surface area contributed by atoms with E-state index in [9.17, 15) is 5.11 Å². The first-order valence-corrected chi connectivity index (χ1v) is 7.19. The van der Waals surface area contributed by atoms with Gasteiger partial charge in [0.25, 0.3) is 0 Å². The molecule has 19 heavy (non-hydrogen) atoms. The van der Waals surface area contributed by atoms with E-state index in [0.717, 1.165) is 12.8 Å². The maximum absolute atomic E-state index is 10.1. The van der Waals surface area contributed by atoms with E-state index in [1.165, 1.54) is 16.8 Å². The fourth-order valence-corrected chi connectivity index (χ4v) is 3.84. The Morgan fingerprint density at radius 3 is 2.11 bits per heavy atom. The summed E-state index contributed by atoms with van der Waals surface area (Å²) in [6, 6.07) is 6.63. The van der Waals surface area contributed by atoms with Crippen LogP contribution in [0.2, 0.25) is 0 Å². The van der Waals surface area contributed by atoms with E-state index in [0.29, 0.717) is 0 Å². The highest BCUT2D eigenvalue weighted by Gasteiger charge is 2.45. The zero-order valence-electron chi connectivity index (χ0n) is 13.1. The molecule has 1 fully saturated rings. The third kappa shape index (κ3) is 2.64. The molecule has 2 heteroatoms. The van der Waals surface area contributed by atoms with Gasteiger partial charge in [0.15, 0.2) is 0 Å². The topological polar surface area (TPSA) is 23.5 Å². The van der Waals surface area contributed by atoms with E-state index in [-0.39, 0.29) is 17.2 Å². The number of aliphatic hydroxyl groups is 1. The Kier molecular flexibility index (Phi) is 3.42. The van der Waals surface area contributed by atoms with Gasteiger partial charge >= 0.3 is 0 Å². The van der Waals surface area contributed by atoms with Crippen molar-refractivity contribution in [2.24, 2.45) is 0 Å². The van der Waals surface area contributed by atoms with Crippen LogP contribution in [-0.4, -0.2) is 22.3 Å². The monoisotopic (exact) mass is 261 g/mol. The van der Waals surface area contributed by atoms with Crippen molar-refractivity contribution < 1.29 is 5.11 Å². The van der Waals surface area contributed by atoms with Crippen LogP contribution in [0.15, 0.2) is 18.2 Å². The average Bonchev–Trinajstić information content (AvgIpc) is 2.19. The zero-order valence-corrected chi connectivity index (χ0v) is 13.1. The number of aryl methyl sites for hydroxylation is 2. The van der Waals surface area contributed by atoms with Gasteiger partial charge in [0.05, 0.1) is 6.10 Å². The Hall–Kier alpha value is -1.02. The van der Waals surface area contributed by atoms with E-state index >= 15 is 0 Å². The number of benzene rings is 1. The van der Waals surface area contributed by atoms with Crippen molar-refractivity contribution in [3.63, 3.8) is 0 Å². The molecule has 0 saturated carbocycles. The molecule has 0 bridgehead atoms. The largest absolute Gasteiger partial charge is 0.393 e. The summed E-state index contributed by atoms with van der Waals surface area (Å²) in [7, 11) is 0. The normalized spacial score (nSPS) is 22.6. The molecule has 2 rings (SSSR count). The second-order valence-electron chi connectivity index (χ2n) is 7.31. The Bertz CT molecular complexity index is 458. The first-order chi connectivity index (χ1) is 8.63. The number of piperidine rings is 1. The van der Waals surface area contributed by atoms with E-state index in [1.54, 1.807) is 0 Å². The molecule has 2 nitrogen and oxygen atoms in total. The maximum Gasteiger partial charge on any atom is 0.0584 e. The van der Waals surface area contributed by atoms with Crippen LogP contribution in [0.3, 0.4) is 0 Å². The van der Waals surface area contributed by atoms with Gasteiger partial charge in [0.2, 0.25) is 0 Å².